The average molecular weight is 408 g/mol. The molecular formula is C25H33N3O2. The molecule has 0 spiro atoms. The molecular weight excluding hydrogens is 374 g/mol. The van der Waals surface area contributed by atoms with Crippen molar-refractivity contribution >= 4 is 12.0 Å². The zero-order valence-corrected chi connectivity index (χ0v) is 18.1. The van der Waals surface area contributed by atoms with Gasteiger partial charge in [-0.1, -0.05) is 49.4 Å². The second-order valence-electron chi connectivity index (χ2n) is 7.50. The molecule has 1 fully saturated rings. The summed E-state index contributed by atoms with van der Waals surface area (Å²) in [6.07, 6.45) is 3.38. The van der Waals surface area contributed by atoms with Crippen molar-refractivity contribution in [2.24, 2.45) is 0 Å². The molecule has 5 nitrogen and oxygen atoms in total. The Morgan fingerprint density at radius 1 is 0.967 bits per heavy atom. The lowest BCUT2D eigenvalue weighted by Gasteiger charge is -2.34. The van der Waals surface area contributed by atoms with Crippen molar-refractivity contribution < 1.29 is 9.53 Å². The van der Waals surface area contributed by atoms with Crippen LogP contribution >= 0.6 is 0 Å². The van der Waals surface area contributed by atoms with Crippen LogP contribution in [0.3, 0.4) is 0 Å². The number of carbonyl (C=O) groups excluding carboxylic acids is 1. The van der Waals surface area contributed by atoms with E-state index in [1.165, 1.54) is 11.1 Å². The van der Waals surface area contributed by atoms with E-state index in [1.54, 1.807) is 12.2 Å². The lowest BCUT2D eigenvalue weighted by Crippen LogP contribution is -2.45. The third kappa shape index (κ3) is 6.44. The van der Waals surface area contributed by atoms with Gasteiger partial charge in [-0.3, -0.25) is 9.69 Å². The first-order chi connectivity index (χ1) is 14.7. The Morgan fingerprint density at radius 2 is 1.63 bits per heavy atom. The molecule has 160 valence electrons. The number of nitrogens with zero attached hydrogens (tertiary/aromatic N) is 2. The number of hydrogen-bond acceptors (Lipinski definition) is 4. The Bertz CT molecular complexity index is 842. The van der Waals surface area contributed by atoms with Crippen molar-refractivity contribution in [3.05, 3.63) is 71.3 Å². The summed E-state index contributed by atoms with van der Waals surface area (Å²) >= 11 is 0. The zero-order valence-electron chi connectivity index (χ0n) is 18.1. The van der Waals surface area contributed by atoms with Crippen LogP contribution in [0.15, 0.2) is 54.6 Å². The first-order valence-corrected chi connectivity index (χ1v) is 10.9. The van der Waals surface area contributed by atoms with Crippen LogP contribution in [0, 0.1) is 0 Å². The Balaban J connectivity index is 1.55. The maximum Gasteiger partial charge on any atom is 0.244 e. The Hall–Kier alpha value is -2.63. The van der Waals surface area contributed by atoms with Gasteiger partial charge in [-0.05, 0) is 36.7 Å². The topological polar surface area (TPSA) is 44.8 Å². The minimum Gasteiger partial charge on any atom is -0.493 e. The molecule has 0 aliphatic carbocycles. The smallest absolute Gasteiger partial charge is 0.244 e. The molecule has 30 heavy (non-hydrogen) atoms. The minimum atomic E-state index is -0.104. The summed E-state index contributed by atoms with van der Waals surface area (Å²) in [5.74, 6) is 0.685. The molecule has 0 bridgehead atoms. The highest BCUT2D eigenvalue weighted by molar-refractivity contribution is 5.92. The van der Waals surface area contributed by atoms with E-state index in [0.717, 1.165) is 50.6 Å². The Labute approximate surface area is 180 Å². The van der Waals surface area contributed by atoms with Gasteiger partial charge in [-0.15, -0.1) is 0 Å². The van der Waals surface area contributed by atoms with E-state index >= 15 is 0 Å². The quantitative estimate of drug-likeness (QED) is 0.646. The second-order valence-corrected chi connectivity index (χ2v) is 7.50. The average Bonchev–Trinajstić information content (AvgIpc) is 2.78. The number of carbonyl (C=O) groups is 1. The van der Waals surface area contributed by atoms with Crippen LogP contribution in [0.2, 0.25) is 0 Å². The van der Waals surface area contributed by atoms with Crippen molar-refractivity contribution in [3.63, 3.8) is 0 Å². The van der Waals surface area contributed by atoms with Crippen molar-refractivity contribution in [2.75, 3.05) is 39.3 Å². The molecule has 0 radical (unpaired) electrons. The number of amides is 1. The van der Waals surface area contributed by atoms with Gasteiger partial charge in [-0.25, -0.2) is 0 Å². The fourth-order valence-corrected chi connectivity index (χ4v) is 3.70. The summed E-state index contributed by atoms with van der Waals surface area (Å²) in [6, 6.07) is 16.1. The highest BCUT2D eigenvalue weighted by atomic mass is 16.5. The van der Waals surface area contributed by atoms with Crippen molar-refractivity contribution in [3.8, 4) is 5.75 Å². The van der Waals surface area contributed by atoms with Gasteiger partial charge in [0.25, 0.3) is 0 Å². The third-order valence-corrected chi connectivity index (χ3v) is 5.51. The predicted molar refractivity (Wildman–Crippen MR) is 122 cm³/mol. The number of rotatable bonds is 9. The molecule has 2 aromatic rings. The molecule has 1 heterocycles. The van der Waals surface area contributed by atoms with Crippen molar-refractivity contribution in [1.29, 1.82) is 0 Å². The Kier molecular flexibility index (Phi) is 8.48. The van der Waals surface area contributed by atoms with Gasteiger partial charge in [-0.2, -0.15) is 0 Å². The number of hydrogen-bond donors (Lipinski definition) is 1. The van der Waals surface area contributed by atoms with Gasteiger partial charge in [0.15, 0.2) is 0 Å². The van der Waals surface area contributed by atoms with E-state index in [0.29, 0.717) is 13.2 Å². The minimum absolute atomic E-state index is 0.104. The molecule has 0 unspecified atom stereocenters. The van der Waals surface area contributed by atoms with Crippen LogP contribution in [-0.4, -0.2) is 55.0 Å². The van der Waals surface area contributed by atoms with Gasteiger partial charge < -0.3 is 15.0 Å². The first kappa shape index (κ1) is 22.1. The molecule has 5 heteroatoms. The van der Waals surface area contributed by atoms with E-state index in [2.05, 4.69) is 40.2 Å². The number of benzene rings is 2. The monoisotopic (exact) mass is 407 g/mol. The number of likely N-dealkylation sites (N-methyl/N-ethyl adjacent to an activating group) is 1. The van der Waals surface area contributed by atoms with E-state index in [4.69, 9.17) is 4.74 Å². The molecule has 2 aromatic carbocycles. The van der Waals surface area contributed by atoms with Gasteiger partial charge in [0.2, 0.25) is 5.91 Å². The highest BCUT2D eigenvalue weighted by Gasteiger charge is 2.16. The molecule has 0 atom stereocenters. The summed E-state index contributed by atoms with van der Waals surface area (Å²) in [7, 11) is 0. The SMILES string of the molecule is CCOc1ccccc1/C=C/C(=O)NCc1ccccc1CN1CCN(CC)CC1. The maximum atomic E-state index is 12.4. The maximum absolute atomic E-state index is 12.4. The summed E-state index contributed by atoms with van der Waals surface area (Å²) in [4.78, 5) is 17.4. The van der Waals surface area contributed by atoms with Crippen LogP contribution in [-0.2, 0) is 17.9 Å². The van der Waals surface area contributed by atoms with Gasteiger partial charge in [0.05, 0.1) is 6.61 Å². The van der Waals surface area contributed by atoms with Crippen LogP contribution < -0.4 is 10.1 Å². The lowest BCUT2D eigenvalue weighted by molar-refractivity contribution is -0.116. The Morgan fingerprint density at radius 3 is 2.37 bits per heavy atom. The van der Waals surface area contributed by atoms with Gasteiger partial charge >= 0.3 is 0 Å². The summed E-state index contributed by atoms with van der Waals surface area (Å²) in [5, 5.41) is 3.02. The normalized spacial score (nSPS) is 15.4. The molecule has 3 rings (SSSR count). The molecule has 0 aromatic heterocycles. The molecule has 1 amide bonds. The number of piperazine rings is 1. The molecule has 1 aliphatic heterocycles. The number of para-hydroxylation sites is 1. The zero-order chi connectivity index (χ0) is 21.2. The van der Waals surface area contributed by atoms with Crippen LogP contribution in [0.25, 0.3) is 6.08 Å². The van der Waals surface area contributed by atoms with Crippen LogP contribution in [0.4, 0.5) is 0 Å². The van der Waals surface area contributed by atoms with Crippen LogP contribution in [0.5, 0.6) is 5.75 Å². The van der Waals surface area contributed by atoms with Gasteiger partial charge in [0.1, 0.15) is 5.75 Å². The largest absolute Gasteiger partial charge is 0.493 e. The van der Waals surface area contributed by atoms with Crippen molar-refractivity contribution in [2.45, 2.75) is 26.9 Å². The standard InChI is InChI=1S/C25H33N3O2/c1-3-27-15-17-28(18-16-27)20-23-11-6-5-10-22(23)19-26-25(29)14-13-21-9-7-8-12-24(21)30-4-2/h5-14H,3-4,15-20H2,1-2H3,(H,26,29)/b14-13+. The fraction of sp³-hybridized carbons (Fsp3) is 0.400. The molecule has 0 saturated carbocycles. The highest BCUT2D eigenvalue weighted by Crippen LogP contribution is 2.19. The molecule has 1 N–H and O–H groups in total. The predicted octanol–water partition coefficient (Wildman–Crippen LogP) is 3.55. The van der Waals surface area contributed by atoms with E-state index in [9.17, 15) is 4.79 Å². The summed E-state index contributed by atoms with van der Waals surface area (Å²) < 4.78 is 5.61. The van der Waals surface area contributed by atoms with E-state index in [-0.39, 0.29) is 5.91 Å². The third-order valence-electron chi connectivity index (χ3n) is 5.51. The van der Waals surface area contributed by atoms with E-state index < -0.39 is 0 Å². The molecule has 1 saturated heterocycles. The lowest BCUT2D eigenvalue weighted by atomic mass is 10.1. The number of ether oxygens (including phenoxy) is 1. The summed E-state index contributed by atoms with van der Waals surface area (Å²) in [6.45, 7) is 11.8. The number of nitrogens with one attached hydrogen (secondary N) is 1. The summed E-state index contributed by atoms with van der Waals surface area (Å²) in [5.41, 5.74) is 3.36. The van der Waals surface area contributed by atoms with Crippen LogP contribution in [0.1, 0.15) is 30.5 Å². The van der Waals surface area contributed by atoms with Crippen molar-refractivity contribution in [1.82, 2.24) is 15.1 Å². The first-order valence-electron chi connectivity index (χ1n) is 10.9. The second kappa shape index (κ2) is 11.5. The fourth-order valence-electron chi connectivity index (χ4n) is 3.70. The molecule has 1 aliphatic rings. The van der Waals surface area contributed by atoms with Gasteiger partial charge in [0, 0.05) is 50.9 Å². The van der Waals surface area contributed by atoms with E-state index in [1.807, 2.05) is 37.3 Å².